The first-order chi connectivity index (χ1) is 9.06. The van der Waals surface area contributed by atoms with Gasteiger partial charge < -0.3 is 4.42 Å². The Balaban J connectivity index is 2.28. The Morgan fingerprint density at radius 3 is 2.68 bits per heavy atom. The molecule has 0 aliphatic heterocycles. The molecule has 102 valence electrons. The van der Waals surface area contributed by atoms with Gasteiger partial charge in [-0.3, -0.25) is 19.4 Å². The third-order valence-corrected chi connectivity index (χ3v) is 2.97. The molecule has 0 aliphatic rings. The minimum Gasteiger partial charge on any atom is -0.456 e. The number of carbonyl (C=O) groups is 1. The number of amides is 1. The number of nitrogens with two attached hydrogens (primary N) is 1. The van der Waals surface area contributed by atoms with Gasteiger partial charge in [-0.15, -0.1) is 0 Å². The molecular weight excluding hydrogens is 248 g/mol. The van der Waals surface area contributed by atoms with E-state index in [2.05, 4.69) is 0 Å². The van der Waals surface area contributed by atoms with E-state index in [0.29, 0.717) is 18.8 Å². The maximum Gasteiger partial charge on any atom is 0.328 e. The molecule has 0 saturated heterocycles. The summed E-state index contributed by atoms with van der Waals surface area (Å²) in [6.07, 6.45) is 3.44. The Morgan fingerprint density at radius 1 is 1.42 bits per heavy atom. The highest BCUT2D eigenvalue weighted by Gasteiger charge is 2.14. The fraction of sp³-hybridized carbons (Fsp3) is 0.333. The summed E-state index contributed by atoms with van der Waals surface area (Å²) in [5.74, 6) is 5.28. The fourth-order valence-corrected chi connectivity index (χ4v) is 1.86. The van der Waals surface area contributed by atoms with Crippen LogP contribution in [0.3, 0.4) is 0 Å². The molecule has 0 radical (unpaired) electrons. The van der Waals surface area contributed by atoms with Crippen molar-refractivity contribution in [2.24, 2.45) is 5.84 Å². The first-order valence-electron chi connectivity index (χ1n) is 5.92. The summed E-state index contributed by atoms with van der Waals surface area (Å²) in [5, 5.41) is 0. The maximum absolute atomic E-state index is 11.9. The van der Waals surface area contributed by atoms with Gasteiger partial charge in [0.05, 0.1) is 6.54 Å². The van der Waals surface area contributed by atoms with Gasteiger partial charge in [-0.25, -0.2) is 10.6 Å². The first-order valence-corrected chi connectivity index (χ1v) is 5.92. The molecule has 0 fully saturated rings. The summed E-state index contributed by atoms with van der Waals surface area (Å²) in [6.45, 7) is 4.62. The van der Waals surface area contributed by atoms with Crippen LogP contribution in [-0.2, 0) is 13.1 Å². The zero-order valence-corrected chi connectivity index (χ0v) is 10.8. The van der Waals surface area contributed by atoms with Crippen molar-refractivity contribution in [2.45, 2.75) is 26.9 Å². The highest BCUT2D eigenvalue weighted by molar-refractivity contribution is 5.91. The van der Waals surface area contributed by atoms with Crippen LogP contribution in [0.2, 0.25) is 0 Å². The summed E-state index contributed by atoms with van der Waals surface area (Å²) >= 11 is 0. The first kappa shape index (κ1) is 13.2. The number of rotatable bonds is 4. The lowest BCUT2D eigenvalue weighted by molar-refractivity contribution is 0.0924. The second-order valence-electron chi connectivity index (χ2n) is 4.16. The molecule has 19 heavy (non-hydrogen) atoms. The number of nitrogen functional groups attached to an aromatic ring is 1. The van der Waals surface area contributed by atoms with E-state index in [-0.39, 0.29) is 11.4 Å². The highest BCUT2D eigenvalue weighted by atomic mass is 16.4. The minimum atomic E-state index is -0.493. The van der Waals surface area contributed by atoms with Gasteiger partial charge >= 0.3 is 11.6 Å². The molecule has 2 heterocycles. The van der Waals surface area contributed by atoms with Gasteiger partial charge in [0.25, 0.3) is 0 Å². The molecule has 0 atom stereocenters. The molecule has 0 bridgehead atoms. The van der Waals surface area contributed by atoms with Crippen LogP contribution < -0.4 is 17.0 Å². The predicted octanol–water partition coefficient (Wildman–Crippen LogP) is 0.223. The van der Waals surface area contributed by atoms with Crippen LogP contribution in [0.5, 0.6) is 0 Å². The van der Waals surface area contributed by atoms with Gasteiger partial charge in [0.2, 0.25) is 0 Å². The maximum atomic E-state index is 11.9. The zero-order valence-electron chi connectivity index (χ0n) is 10.8. The average Bonchev–Trinajstić information content (AvgIpc) is 2.94. The lowest BCUT2D eigenvalue weighted by atomic mass is 10.2. The van der Waals surface area contributed by atoms with E-state index in [0.717, 1.165) is 5.56 Å². The second-order valence-corrected chi connectivity index (χ2v) is 4.16. The number of carbonyl (C=O) groups excluding carboxylic acids is 1. The number of hydrogen-bond donors (Lipinski definition) is 2. The Kier molecular flexibility index (Phi) is 3.57. The van der Waals surface area contributed by atoms with Gasteiger partial charge in [0.15, 0.2) is 5.76 Å². The van der Waals surface area contributed by atoms with Crippen molar-refractivity contribution in [1.82, 2.24) is 14.6 Å². The molecule has 2 rings (SSSR count). The number of hydrogen-bond acceptors (Lipinski definition) is 4. The standard InChI is InChI=1S/C12H16N4O3/c1-3-15-4-5-16(12(15)18)7-9-6-10(11(17)14-13)19-8(9)2/h4-6H,3,7,13H2,1-2H3,(H,14,17). The van der Waals surface area contributed by atoms with Crippen LogP contribution in [0.1, 0.15) is 28.8 Å². The fourth-order valence-electron chi connectivity index (χ4n) is 1.86. The van der Waals surface area contributed by atoms with Crippen molar-refractivity contribution < 1.29 is 9.21 Å². The third kappa shape index (κ3) is 2.45. The average molecular weight is 264 g/mol. The Morgan fingerprint density at radius 2 is 2.11 bits per heavy atom. The van der Waals surface area contributed by atoms with E-state index >= 15 is 0 Å². The molecule has 7 heteroatoms. The highest BCUT2D eigenvalue weighted by Crippen LogP contribution is 2.15. The zero-order chi connectivity index (χ0) is 14.0. The van der Waals surface area contributed by atoms with E-state index in [1.807, 2.05) is 12.3 Å². The van der Waals surface area contributed by atoms with E-state index in [1.165, 1.54) is 0 Å². The van der Waals surface area contributed by atoms with Crippen LogP contribution in [0, 0.1) is 6.92 Å². The van der Waals surface area contributed by atoms with E-state index < -0.39 is 5.91 Å². The number of furan rings is 1. The quantitative estimate of drug-likeness (QED) is 0.469. The molecule has 7 nitrogen and oxygen atoms in total. The Labute approximate surface area is 109 Å². The van der Waals surface area contributed by atoms with Gasteiger partial charge in [0, 0.05) is 24.5 Å². The summed E-state index contributed by atoms with van der Waals surface area (Å²) in [4.78, 5) is 23.3. The summed E-state index contributed by atoms with van der Waals surface area (Å²) in [6, 6.07) is 1.59. The van der Waals surface area contributed by atoms with Gasteiger partial charge in [-0.2, -0.15) is 0 Å². The molecule has 0 saturated carbocycles. The molecule has 0 aromatic carbocycles. The predicted molar refractivity (Wildman–Crippen MR) is 68.6 cm³/mol. The topological polar surface area (TPSA) is 95.2 Å². The Hall–Kier alpha value is -2.28. The van der Waals surface area contributed by atoms with Crippen LogP contribution >= 0.6 is 0 Å². The molecule has 1 amide bonds. The van der Waals surface area contributed by atoms with E-state index in [1.54, 1.807) is 34.5 Å². The van der Waals surface area contributed by atoms with Gasteiger partial charge in [-0.1, -0.05) is 0 Å². The van der Waals surface area contributed by atoms with Crippen molar-refractivity contribution in [3.05, 3.63) is 46.0 Å². The monoisotopic (exact) mass is 264 g/mol. The van der Waals surface area contributed by atoms with Gasteiger partial charge in [0.1, 0.15) is 5.76 Å². The smallest absolute Gasteiger partial charge is 0.328 e. The summed E-state index contributed by atoms with van der Waals surface area (Å²) in [5.41, 5.74) is 2.69. The van der Waals surface area contributed by atoms with Gasteiger partial charge in [-0.05, 0) is 19.9 Å². The number of nitrogens with zero attached hydrogens (tertiary/aromatic N) is 2. The number of imidazole rings is 1. The molecule has 0 spiro atoms. The largest absolute Gasteiger partial charge is 0.456 e. The molecule has 0 aliphatic carbocycles. The number of hydrazine groups is 1. The third-order valence-electron chi connectivity index (χ3n) is 2.97. The molecule has 2 aromatic rings. The van der Waals surface area contributed by atoms with Crippen molar-refractivity contribution in [2.75, 3.05) is 0 Å². The number of nitrogens with one attached hydrogen (secondary N) is 1. The van der Waals surface area contributed by atoms with Crippen molar-refractivity contribution in [3.8, 4) is 0 Å². The Bertz CT molecular complexity index is 650. The summed E-state index contributed by atoms with van der Waals surface area (Å²) in [7, 11) is 0. The van der Waals surface area contributed by atoms with Crippen molar-refractivity contribution in [3.63, 3.8) is 0 Å². The molecule has 3 N–H and O–H groups in total. The minimum absolute atomic E-state index is 0.0899. The van der Waals surface area contributed by atoms with E-state index in [9.17, 15) is 9.59 Å². The van der Waals surface area contributed by atoms with Crippen molar-refractivity contribution >= 4 is 5.91 Å². The normalized spacial score (nSPS) is 10.7. The van der Waals surface area contributed by atoms with Crippen LogP contribution in [-0.4, -0.2) is 15.0 Å². The summed E-state index contributed by atoms with van der Waals surface area (Å²) < 4.78 is 8.46. The second kappa shape index (κ2) is 5.15. The van der Waals surface area contributed by atoms with E-state index in [4.69, 9.17) is 10.3 Å². The van der Waals surface area contributed by atoms with Crippen molar-refractivity contribution in [1.29, 1.82) is 0 Å². The number of aromatic nitrogens is 2. The lowest BCUT2D eigenvalue weighted by Gasteiger charge is -1.99. The molecule has 0 unspecified atom stereocenters. The van der Waals surface area contributed by atoms with Crippen LogP contribution in [0.15, 0.2) is 27.7 Å². The van der Waals surface area contributed by atoms with Crippen LogP contribution in [0.4, 0.5) is 0 Å². The van der Waals surface area contributed by atoms with Crippen LogP contribution in [0.25, 0.3) is 0 Å². The molecule has 2 aromatic heterocycles. The molecular formula is C12H16N4O3. The SMILES string of the molecule is CCn1ccn(Cc2cc(C(=O)NN)oc2C)c1=O. The number of aryl methyl sites for hydroxylation is 2. The lowest BCUT2D eigenvalue weighted by Crippen LogP contribution is -2.29.